The number of aryl methyl sites for hydroxylation is 1. The Labute approximate surface area is 90.0 Å². The highest BCUT2D eigenvalue weighted by molar-refractivity contribution is 7.19. The predicted octanol–water partition coefficient (Wildman–Crippen LogP) is 2.98. The van der Waals surface area contributed by atoms with Crippen LogP contribution in [0.5, 0.6) is 0 Å². The van der Waals surface area contributed by atoms with Crippen molar-refractivity contribution in [1.29, 1.82) is 0 Å². The molecule has 1 aromatic carbocycles. The van der Waals surface area contributed by atoms with Crippen LogP contribution in [0.3, 0.4) is 0 Å². The number of hydrogen-bond donors (Lipinski definition) is 1. The molecule has 78 valence electrons. The van der Waals surface area contributed by atoms with Crippen molar-refractivity contribution in [1.82, 2.24) is 0 Å². The summed E-state index contributed by atoms with van der Waals surface area (Å²) in [6, 6.07) is 4.76. The van der Waals surface area contributed by atoms with E-state index in [1.165, 1.54) is 17.4 Å². The van der Waals surface area contributed by atoms with Gasteiger partial charge in [0.1, 0.15) is 5.82 Å². The van der Waals surface area contributed by atoms with Crippen molar-refractivity contribution in [2.45, 2.75) is 13.3 Å². The van der Waals surface area contributed by atoms with Crippen LogP contribution >= 0.6 is 11.3 Å². The molecule has 1 heterocycles. The fraction of sp³-hybridized carbons (Fsp3) is 0.182. The first-order valence-corrected chi connectivity index (χ1v) is 5.29. The predicted molar refractivity (Wildman–Crippen MR) is 57.9 cm³/mol. The lowest BCUT2D eigenvalue weighted by molar-refractivity contribution is -0.136. The van der Waals surface area contributed by atoms with Crippen LogP contribution in [0.25, 0.3) is 10.1 Å². The fourth-order valence-corrected chi connectivity index (χ4v) is 2.70. The Kier molecular flexibility index (Phi) is 2.44. The van der Waals surface area contributed by atoms with Gasteiger partial charge in [0, 0.05) is 4.88 Å². The SMILES string of the molecule is Cc1sc2c(F)cccc2c1CC(=O)O. The molecule has 0 amide bonds. The fourth-order valence-electron chi connectivity index (χ4n) is 1.63. The third-order valence-electron chi connectivity index (χ3n) is 2.30. The number of fused-ring (bicyclic) bond motifs is 1. The monoisotopic (exact) mass is 224 g/mol. The Hall–Kier alpha value is -1.42. The van der Waals surface area contributed by atoms with Gasteiger partial charge in [0.15, 0.2) is 0 Å². The van der Waals surface area contributed by atoms with Crippen molar-refractivity contribution >= 4 is 27.4 Å². The molecule has 1 aromatic heterocycles. The Balaban J connectivity index is 2.68. The van der Waals surface area contributed by atoms with Crippen LogP contribution in [0.1, 0.15) is 10.4 Å². The molecule has 0 radical (unpaired) electrons. The molecular weight excluding hydrogens is 215 g/mol. The van der Waals surface area contributed by atoms with Crippen molar-refractivity contribution in [2.75, 3.05) is 0 Å². The minimum atomic E-state index is -0.887. The Bertz CT molecular complexity index is 531. The van der Waals surface area contributed by atoms with E-state index in [1.54, 1.807) is 12.1 Å². The molecule has 0 spiro atoms. The Morgan fingerprint density at radius 3 is 2.93 bits per heavy atom. The zero-order valence-corrected chi connectivity index (χ0v) is 8.90. The maximum atomic E-state index is 13.4. The summed E-state index contributed by atoms with van der Waals surface area (Å²) in [5.41, 5.74) is 0.724. The third kappa shape index (κ3) is 1.72. The van der Waals surface area contributed by atoms with E-state index >= 15 is 0 Å². The highest BCUT2D eigenvalue weighted by Crippen LogP contribution is 2.32. The molecule has 0 saturated heterocycles. The van der Waals surface area contributed by atoms with Gasteiger partial charge in [-0.05, 0) is 23.9 Å². The molecule has 1 N–H and O–H groups in total. The zero-order chi connectivity index (χ0) is 11.0. The number of carboxylic acids is 1. The number of carbonyl (C=O) groups is 1. The summed E-state index contributed by atoms with van der Waals surface area (Å²) in [5, 5.41) is 9.47. The lowest BCUT2D eigenvalue weighted by atomic mass is 10.1. The molecule has 4 heteroatoms. The molecule has 0 atom stereocenters. The number of hydrogen-bond acceptors (Lipinski definition) is 2. The van der Waals surface area contributed by atoms with E-state index in [2.05, 4.69) is 0 Å². The highest BCUT2D eigenvalue weighted by atomic mass is 32.1. The molecule has 0 unspecified atom stereocenters. The van der Waals surface area contributed by atoms with Gasteiger partial charge in [-0.1, -0.05) is 12.1 Å². The molecule has 0 aliphatic heterocycles. The number of aliphatic carboxylic acids is 1. The summed E-state index contributed by atoms with van der Waals surface area (Å²) >= 11 is 1.31. The van der Waals surface area contributed by atoms with E-state index in [1.807, 2.05) is 6.92 Å². The zero-order valence-electron chi connectivity index (χ0n) is 8.08. The van der Waals surface area contributed by atoms with Gasteiger partial charge in [-0.15, -0.1) is 11.3 Å². The quantitative estimate of drug-likeness (QED) is 0.851. The number of halogens is 1. The van der Waals surface area contributed by atoms with Crippen LogP contribution in [-0.4, -0.2) is 11.1 Å². The summed E-state index contributed by atoms with van der Waals surface area (Å²) in [6.45, 7) is 1.82. The summed E-state index contributed by atoms with van der Waals surface area (Å²) in [6.07, 6.45) is -0.0463. The highest BCUT2D eigenvalue weighted by Gasteiger charge is 2.13. The lowest BCUT2D eigenvalue weighted by Gasteiger charge is -1.96. The average molecular weight is 224 g/mol. The third-order valence-corrected chi connectivity index (χ3v) is 3.47. The van der Waals surface area contributed by atoms with Crippen LogP contribution in [0.15, 0.2) is 18.2 Å². The van der Waals surface area contributed by atoms with Gasteiger partial charge >= 0.3 is 5.97 Å². The molecule has 2 nitrogen and oxygen atoms in total. The van der Waals surface area contributed by atoms with Gasteiger partial charge in [0.25, 0.3) is 0 Å². The molecule has 0 bridgehead atoms. The van der Waals surface area contributed by atoms with E-state index in [0.29, 0.717) is 4.70 Å². The van der Waals surface area contributed by atoms with E-state index in [4.69, 9.17) is 5.11 Å². The molecule has 15 heavy (non-hydrogen) atoms. The second-order valence-corrected chi connectivity index (χ2v) is 4.55. The summed E-state index contributed by atoms with van der Waals surface area (Å²) in [7, 11) is 0. The molecule has 0 fully saturated rings. The second kappa shape index (κ2) is 3.62. The van der Waals surface area contributed by atoms with Crippen LogP contribution in [0.4, 0.5) is 4.39 Å². The lowest BCUT2D eigenvalue weighted by Crippen LogP contribution is -2.00. The van der Waals surface area contributed by atoms with Gasteiger partial charge in [-0.2, -0.15) is 0 Å². The number of rotatable bonds is 2. The first-order chi connectivity index (χ1) is 7.09. The molecular formula is C11H9FO2S. The van der Waals surface area contributed by atoms with E-state index in [0.717, 1.165) is 15.8 Å². The van der Waals surface area contributed by atoms with Crippen LogP contribution < -0.4 is 0 Å². The Morgan fingerprint density at radius 2 is 2.27 bits per heavy atom. The standard InChI is InChI=1S/C11H9FO2S/c1-6-8(5-10(13)14)7-3-2-4-9(12)11(7)15-6/h2-4H,5H2,1H3,(H,13,14). The molecule has 0 saturated carbocycles. The summed E-state index contributed by atoms with van der Waals surface area (Å²) in [4.78, 5) is 11.5. The van der Waals surface area contributed by atoms with Gasteiger partial charge in [-0.3, -0.25) is 4.79 Å². The minimum absolute atomic E-state index is 0.0463. The van der Waals surface area contributed by atoms with Crippen molar-refractivity contribution in [2.24, 2.45) is 0 Å². The maximum absolute atomic E-state index is 13.4. The first kappa shape index (κ1) is 10.1. The molecule has 2 rings (SSSR count). The normalized spacial score (nSPS) is 10.8. The van der Waals surface area contributed by atoms with Gasteiger partial charge in [0.05, 0.1) is 11.1 Å². The van der Waals surface area contributed by atoms with Crippen molar-refractivity contribution in [3.05, 3.63) is 34.5 Å². The number of carboxylic acid groups (broad SMARTS) is 1. The van der Waals surface area contributed by atoms with E-state index in [9.17, 15) is 9.18 Å². The van der Waals surface area contributed by atoms with Crippen LogP contribution in [0.2, 0.25) is 0 Å². The van der Waals surface area contributed by atoms with Crippen molar-refractivity contribution < 1.29 is 14.3 Å². The Morgan fingerprint density at radius 1 is 1.53 bits per heavy atom. The smallest absolute Gasteiger partial charge is 0.307 e. The molecule has 0 aliphatic carbocycles. The first-order valence-electron chi connectivity index (χ1n) is 4.48. The number of thiophene rings is 1. The largest absolute Gasteiger partial charge is 0.481 e. The minimum Gasteiger partial charge on any atom is -0.481 e. The van der Waals surface area contributed by atoms with E-state index < -0.39 is 5.97 Å². The van der Waals surface area contributed by atoms with Gasteiger partial charge < -0.3 is 5.11 Å². The van der Waals surface area contributed by atoms with E-state index in [-0.39, 0.29) is 12.2 Å². The summed E-state index contributed by atoms with van der Waals surface area (Å²) < 4.78 is 13.9. The molecule has 2 aromatic rings. The molecule has 0 aliphatic rings. The van der Waals surface area contributed by atoms with Gasteiger partial charge in [-0.25, -0.2) is 4.39 Å². The second-order valence-electron chi connectivity index (χ2n) is 3.32. The van der Waals surface area contributed by atoms with Crippen molar-refractivity contribution in [3.8, 4) is 0 Å². The number of benzene rings is 1. The van der Waals surface area contributed by atoms with Crippen molar-refractivity contribution in [3.63, 3.8) is 0 Å². The van der Waals surface area contributed by atoms with Crippen LogP contribution in [0, 0.1) is 12.7 Å². The average Bonchev–Trinajstić information content (AvgIpc) is 2.45. The van der Waals surface area contributed by atoms with Crippen LogP contribution in [-0.2, 0) is 11.2 Å². The van der Waals surface area contributed by atoms with Gasteiger partial charge in [0.2, 0.25) is 0 Å². The maximum Gasteiger partial charge on any atom is 0.307 e. The topological polar surface area (TPSA) is 37.3 Å². The summed E-state index contributed by atoms with van der Waals surface area (Å²) in [5.74, 6) is -1.17.